The molecule has 4 nitrogen and oxygen atoms in total. The van der Waals surface area contributed by atoms with Crippen molar-refractivity contribution in [2.75, 3.05) is 0 Å². The van der Waals surface area contributed by atoms with Crippen LogP contribution in [0.2, 0.25) is 0 Å². The number of hydrogen-bond donors (Lipinski definition) is 1. The summed E-state index contributed by atoms with van der Waals surface area (Å²) in [6.07, 6.45) is 14.3. The molecule has 1 unspecified atom stereocenters. The smallest absolute Gasteiger partial charge is 0.138 e. The standard InChI is InChI=1S/C27H41N3O/c1-4-27(31)13-10-21-19(15-27)5-6-23-22(21)9-12-26(3)24(7-8-25(23)26)18(2)17-30-20(16-28)11-14-29-30/h11,14,18-19,21-25,31H,4-10,12-13,15,17H2,1-3H3/t18-,19+,21-,22+,23+,24?,25-,26+,27+/m0/s1. The average Bonchev–Trinajstić information content (AvgIpc) is 3.36. The number of aliphatic hydroxyl groups is 1. The van der Waals surface area contributed by atoms with Gasteiger partial charge < -0.3 is 5.11 Å². The lowest BCUT2D eigenvalue weighted by atomic mass is 9.48. The first-order chi connectivity index (χ1) is 14.9. The quantitative estimate of drug-likeness (QED) is 0.665. The van der Waals surface area contributed by atoms with E-state index in [9.17, 15) is 10.4 Å². The van der Waals surface area contributed by atoms with Gasteiger partial charge in [0.15, 0.2) is 0 Å². The van der Waals surface area contributed by atoms with Crippen molar-refractivity contribution in [2.24, 2.45) is 46.8 Å². The number of fused-ring (bicyclic) bond motifs is 5. The predicted molar refractivity (Wildman–Crippen MR) is 122 cm³/mol. The summed E-state index contributed by atoms with van der Waals surface area (Å²) in [6, 6.07) is 4.13. The van der Waals surface area contributed by atoms with Crippen LogP contribution in [0.4, 0.5) is 0 Å². The van der Waals surface area contributed by atoms with Gasteiger partial charge in [0.1, 0.15) is 11.8 Å². The third kappa shape index (κ3) is 3.47. The summed E-state index contributed by atoms with van der Waals surface area (Å²) in [5.41, 5.74) is 0.768. The lowest BCUT2D eigenvalue weighted by Crippen LogP contribution is -2.51. The number of rotatable bonds is 4. The van der Waals surface area contributed by atoms with Gasteiger partial charge in [-0.2, -0.15) is 10.4 Å². The third-order valence-corrected chi connectivity index (χ3v) is 10.8. The molecule has 170 valence electrons. The number of aromatic nitrogens is 2. The molecular formula is C27H41N3O. The zero-order valence-electron chi connectivity index (χ0n) is 19.8. The van der Waals surface area contributed by atoms with E-state index >= 15 is 0 Å². The van der Waals surface area contributed by atoms with Crippen LogP contribution >= 0.6 is 0 Å². The summed E-state index contributed by atoms with van der Waals surface area (Å²) in [6.45, 7) is 8.05. The predicted octanol–water partition coefficient (Wildman–Crippen LogP) is 5.80. The highest BCUT2D eigenvalue weighted by Gasteiger charge is 2.58. The maximum atomic E-state index is 10.9. The molecule has 9 atom stereocenters. The normalized spacial score (nSPS) is 45.3. The van der Waals surface area contributed by atoms with E-state index in [1.54, 1.807) is 6.20 Å². The third-order valence-electron chi connectivity index (χ3n) is 10.8. The minimum Gasteiger partial charge on any atom is -0.390 e. The van der Waals surface area contributed by atoms with Crippen molar-refractivity contribution in [1.82, 2.24) is 9.78 Å². The van der Waals surface area contributed by atoms with Crippen LogP contribution in [-0.2, 0) is 6.54 Å². The van der Waals surface area contributed by atoms with Crippen LogP contribution in [0.15, 0.2) is 12.3 Å². The summed E-state index contributed by atoms with van der Waals surface area (Å²) in [5.74, 6) is 5.62. The van der Waals surface area contributed by atoms with Crippen molar-refractivity contribution < 1.29 is 5.11 Å². The molecule has 5 rings (SSSR count). The first kappa shape index (κ1) is 21.5. The summed E-state index contributed by atoms with van der Waals surface area (Å²) in [4.78, 5) is 0. The zero-order chi connectivity index (χ0) is 21.8. The topological polar surface area (TPSA) is 61.8 Å². The van der Waals surface area contributed by atoms with Gasteiger partial charge in [-0.3, -0.25) is 4.68 Å². The van der Waals surface area contributed by atoms with E-state index in [-0.39, 0.29) is 5.60 Å². The fraction of sp³-hybridized carbons (Fsp3) is 0.852. The molecule has 4 aliphatic carbocycles. The highest BCUT2D eigenvalue weighted by atomic mass is 16.3. The molecule has 4 heteroatoms. The van der Waals surface area contributed by atoms with Crippen molar-refractivity contribution in [2.45, 2.75) is 97.1 Å². The highest BCUT2D eigenvalue weighted by Crippen LogP contribution is 2.65. The van der Waals surface area contributed by atoms with Crippen LogP contribution in [0.1, 0.15) is 90.7 Å². The summed E-state index contributed by atoms with van der Waals surface area (Å²) >= 11 is 0. The summed E-state index contributed by atoms with van der Waals surface area (Å²) in [7, 11) is 0. The van der Waals surface area contributed by atoms with Gasteiger partial charge in [-0.05, 0) is 117 Å². The van der Waals surface area contributed by atoms with E-state index in [1.807, 2.05) is 10.7 Å². The van der Waals surface area contributed by atoms with Crippen molar-refractivity contribution in [3.05, 3.63) is 18.0 Å². The van der Waals surface area contributed by atoms with Crippen LogP contribution in [0.3, 0.4) is 0 Å². The van der Waals surface area contributed by atoms with Crippen molar-refractivity contribution in [3.8, 4) is 6.07 Å². The number of nitriles is 1. The van der Waals surface area contributed by atoms with Gasteiger partial charge in [0.25, 0.3) is 0 Å². The summed E-state index contributed by atoms with van der Waals surface area (Å²) in [5, 5.41) is 24.7. The van der Waals surface area contributed by atoms with E-state index in [0.717, 1.165) is 61.3 Å². The SMILES string of the molecule is CC[C@@]1(O)CC[C@H]2[C@H](CC[C@@H]3[C@@H]2CC[C@]2(C)C([C@@H](C)Cn4nccc4C#N)CC[C@@H]32)C1. The molecule has 0 aliphatic heterocycles. The monoisotopic (exact) mass is 423 g/mol. The molecule has 4 fully saturated rings. The van der Waals surface area contributed by atoms with E-state index in [1.165, 1.54) is 44.9 Å². The van der Waals surface area contributed by atoms with Crippen LogP contribution in [-0.4, -0.2) is 20.5 Å². The van der Waals surface area contributed by atoms with Gasteiger partial charge in [0.2, 0.25) is 0 Å². The zero-order valence-corrected chi connectivity index (χ0v) is 19.8. The van der Waals surface area contributed by atoms with Gasteiger partial charge in [0, 0.05) is 6.54 Å². The second-order valence-electron chi connectivity index (χ2n) is 12.0. The Balaban J connectivity index is 1.30. The van der Waals surface area contributed by atoms with Crippen LogP contribution in [0.5, 0.6) is 0 Å². The Morgan fingerprint density at radius 3 is 2.74 bits per heavy atom. The van der Waals surface area contributed by atoms with Gasteiger partial charge in [-0.1, -0.05) is 20.8 Å². The minimum atomic E-state index is -0.375. The fourth-order valence-electron chi connectivity index (χ4n) is 9.23. The Morgan fingerprint density at radius 2 is 1.97 bits per heavy atom. The first-order valence-electron chi connectivity index (χ1n) is 13.0. The Bertz CT molecular complexity index is 842. The van der Waals surface area contributed by atoms with Crippen LogP contribution < -0.4 is 0 Å². The Kier molecular flexibility index (Phi) is 5.48. The molecule has 0 radical (unpaired) electrons. The second-order valence-corrected chi connectivity index (χ2v) is 12.0. The average molecular weight is 424 g/mol. The maximum absolute atomic E-state index is 10.9. The second kappa shape index (κ2) is 7.91. The lowest BCUT2D eigenvalue weighted by Gasteiger charge is -2.57. The van der Waals surface area contributed by atoms with Crippen LogP contribution in [0, 0.1) is 58.2 Å². The molecule has 0 aromatic carbocycles. The molecule has 4 aliphatic rings. The molecule has 31 heavy (non-hydrogen) atoms. The Labute approximate surface area is 188 Å². The van der Waals surface area contributed by atoms with Gasteiger partial charge in [-0.25, -0.2) is 0 Å². The molecule has 1 aromatic rings. The molecule has 1 heterocycles. The fourth-order valence-corrected chi connectivity index (χ4v) is 9.23. The first-order valence-corrected chi connectivity index (χ1v) is 13.0. The van der Waals surface area contributed by atoms with Gasteiger partial charge in [-0.15, -0.1) is 0 Å². The molecule has 0 spiro atoms. The van der Waals surface area contributed by atoms with E-state index in [4.69, 9.17) is 0 Å². The Hall–Kier alpha value is -1.34. The number of hydrogen-bond acceptors (Lipinski definition) is 3. The van der Waals surface area contributed by atoms with Crippen molar-refractivity contribution in [1.29, 1.82) is 5.26 Å². The molecule has 4 saturated carbocycles. The summed E-state index contributed by atoms with van der Waals surface area (Å²) < 4.78 is 1.93. The highest BCUT2D eigenvalue weighted by molar-refractivity contribution is 5.18. The van der Waals surface area contributed by atoms with Crippen LogP contribution in [0.25, 0.3) is 0 Å². The lowest BCUT2D eigenvalue weighted by molar-refractivity contribution is -0.109. The molecule has 0 saturated heterocycles. The van der Waals surface area contributed by atoms with Gasteiger partial charge in [0.05, 0.1) is 11.8 Å². The van der Waals surface area contributed by atoms with Crippen molar-refractivity contribution >= 4 is 0 Å². The maximum Gasteiger partial charge on any atom is 0.138 e. The molecule has 0 bridgehead atoms. The molecular weight excluding hydrogens is 382 g/mol. The van der Waals surface area contributed by atoms with Gasteiger partial charge >= 0.3 is 0 Å². The largest absolute Gasteiger partial charge is 0.390 e. The minimum absolute atomic E-state index is 0.375. The van der Waals surface area contributed by atoms with E-state index < -0.39 is 0 Å². The number of nitrogens with zero attached hydrogens (tertiary/aromatic N) is 3. The van der Waals surface area contributed by atoms with E-state index in [2.05, 4.69) is 31.9 Å². The molecule has 1 aromatic heterocycles. The Morgan fingerprint density at radius 1 is 1.16 bits per heavy atom. The molecule has 1 N–H and O–H groups in total. The van der Waals surface area contributed by atoms with E-state index in [0.29, 0.717) is 17.0 Å². The molecule has 0 amide bonds. The van der Waals surface area contributed by atoms with Crippen molar-refractivity contribution in [3.63, 3.8) is 0 Å².